The van der Waals surface area contributed by atoms with E-state index in [9.17, 15) is 4.79 Å². The van der Waals surface area contributed by atoms with Crippen LogP contribution in [0.3, 0.4) is 0 Å². The Morgan fingerprint density at radius 2 is 1.93 bits per heavy atom. The summed E-state index contributed by atoms with van der Waals surface area (Å²) >= 11 is 0. The molecule has 5 heteroatoms. The van der Waals surface area contributed by atoms with Crippen LogP contribution in [0.15, 0.2) is 24.3 Å². The molecule has 160 valence electrons. The molecule has 0 aromatic heterocycles. The number of amides is 1. The zero-order valence-corrected chi connectivity index (χ0v) is 17.7. The predicted octanol–water partition coefficient (Wildman–Crippen LogP) is 4.41. The number of hydrogen-bond acceptors (Lipinski definition) is 4. The van der Waals surface area contributed by atoms with Gasteiger partial charge in [-0.3, -0.25) is 4.79 Å². The SMILES string of the molecule is COc1cccc(C2CC2C(=O)NCCCC2(C3OCCO3)CCCCCC2)c1. The molecule has 2 aliphatic carbocycles. The Morgan fingerprint density at radius 1 is 1.17 bits per heavy atom. The van der Waals surface area contributed by atoms with Gasteiger partial charge in [-0.2, -0.15) is 0 Å². The van der Waals surface area contributed by atoms with E-state index < -0.39 is 0 Å². The van der Waals surface area contributed by atoms with Gasteiger partial charge in [-0.25, -0.2) is 0 Å². The summed E-state index contributed by atoms with van der Waals surface area (Å²) in [4.78, 5) is 12.6. The smallest absolute Gasteiger partial charge is 0.223 e. The summed E-state index contributed by atoms with van der Waals surface area (Å²) in [6.07, 6.45) is 10.5. The van der Waals surface area contributed by atoms with Crippen LogP contribution >= 0.6 is 0 Å². The van der Waals surface area contributed by atoms with E-state index in [-0.39, 0.29) is 23.5 Å². The largest absolute Gasteiger partial charge is 0.497 e. The van der Waals surface area contributed by atoms with E-state index in [1.54, 1.807) is 7.11 Å². The molecule has 2 saturated carbocycles. The van der Waals surface area contributed by atoms with Gasteiger partial charge in [-0.15, -0.1) is 0 Å². The second kappa shape index (κ2) is 9.48. The molecule has 0 radical (unpaired) electrons. The van der Waals surface area contributed by atoms with Gasteiger partial charge < -0.3 is 19.5 Å². The molecule has 2 atom stereocenters. The normalized spacial score (nSPS) is 26.7. The molecule has 1 N–H and O–H groups in total. The molecule has 1 aromatic rings. The van der Waals surface area contributed by atoms with Crippen LogP contribution in [-0.4, -0.2) is 39.1 Å². The minimum absolute atomic E-state index is 0.0443. The van der Waals surface area contributed by atoms with Gasteiger partial charge >= 0.3 is 0 Å². The summed E-state index contributed by atoms with van der Waals surface area (Å²) in [5, 5.41) is 3.18. The van der Waals surface area contributed by atoms with Crippen molar-refractivity contribution in [3.05, 3.63) is 29.8 Å². The maximum atomic E-state index is 12.6. The quantitative estimate of drug-likeness (QED) is 0.518. The van der Waals surface area contributed by atoms with Gasteiger partial charge in [0.2, 0.25) is 5.91 Å². The van der Waals surface area contributed by atoms with E-state index in [2.05, 4.69) is 17.4 Å². The van der Waals surface area contributed by atoms with Crippen molar-refractivity contribution < 1.29 is 19.0 Å². The lowest BCUT2D eigenvalue weighted by Gasteiger charge is -2.37. The van der Waals surface area contributed by atoms with Crippen molar-refractivity contribution in [3.63, 3.8) is 0 Å². The maximum Gasteiger partial charge on any atom is 0.223 e. The molecule has 3 aliphatic rings. The first-order chi connectivity index (χ1) is 14.2. The van der Waals surface area contributed by atoms with Gasteiger partial charge in [0.1, 0.15) is 5.75 Å². The van der Waals surface area contributed by atoms with Crippen molar-refractivity contribution in [2.75, 3.05) is 26.9 Å². The summed E-state index contributed by atoms with van der Waals surface area (Å²) in [5.41, 5.74) is 1.35. The van der Waals surface area contributed by atoms with Gasteiger partial charge in [-0.05, 0) is 55.7 Å². The minimum Gasteiger partial charge on any atom is -0.497 e. The highest BCUT2D eigenvalue weighted by atomic mass is 16.7. The fraction of sp³-hybridized carbons (Fsp3) is 0.708. The summed E-state index contributed by atoms with van der Waals surface area (Å²) in [5.74, 6) is 1.49. The number of nitrogens with one attached hydrogen (secondary N) is 1. The van der Waals surface area contributed by atoms with Crippen LogP contribution in [0.4, 0.5) is 0 Å². The summed E-state index contributed by atoms with van der Waals surface area (Å²) in [6, 6.07) is 8.09. The van der Waals surface area contributed by atoms with Crippen molar-refractivity contribution in [2.24, 2.45) is 11.3 Å². The van der Waals surface area contributed by atoms with Crippen LogP contribution in [-0.2, 0) is 14.3 Å². The standard InChI is InChI=1S/C24H35NO4/c1-27-19-9-6-8-18(16-19)20-17-21(20)22(26)25-13-7-12-24(23-28-14-15-29-23)10-4-2-3-5-11-24/h6,8-9,16,20-21,23H,2-5,7,10-15,17H2,1H3,(H,25,26). The highest BCUT2D eigenvalue weighted by Gasteiger charge is 2.44. The molecular weight excluding hydrogens is 366 g/mol. The summed E-state index contributed by atoms with van der Waals surface area (Å²) in [7, 11) is 1.68. The first kappa shape index (κ1) is 20.7. The Hall–Kier alpha value is -1.59. The Labute approximate surface area is 174 Å². The zero-order chi connectivity index (χ0) is 20.1. The molecule has 0 bridgehead atoms. The molecule has 3 fully saturated rings. The molecule has 1 amide bonds. The number of ether oxygens (including phenoxy) is 3. The van der Waals surface area contributed by atoms with Gasteiger partial charge in [0.15, 0.2) is 6.29 Å². The monoisotopic (exact) mass is 401 g/mol. The Morgan fingerprint density at radius 3 is 2.66 bits per heavy atom. The molecule has 29 heavy (non-hydrogen) atoms. The molecular formula is C24H35NO4. The highest BCUT2D eigenvalue weighted by molar-refractivity contribution is 5.82. The van der Waals surface area contributed by atoms with E-state index in [4.69, 9.17) is 14.2 Å². The lowest BCUT2D eigenvalue weighted by molar-refractivity contribution is -0.143. The van der Waals surface area contributed by atoms with Crippen LogP contribution in [0.1, 0.15) is 69.3 Å². The van der Waals surface area contributed by atoms with Crippen molar-refractivity contribution in [3.8, 4) is 5.75 Å². The molecule has 1 aliphatic heterocycles. The van der Waals surface area contributed by atoms with Crippen LogP contribution < -0.4 is 10.1 Å². The number of hydrogen-bond donors (Lipinski definition) is 1. The maximum absolute atomic E-state index is 12.6. The number of methoxy groups -OCH3 is 1. The molecule has 1 heterocycles. The molecule has 0 spiro atoms. The zero-order valence-electron chi connectivity index (χ0n) is 17.7. The first-order valence-electron chi connectivity index (χ1n) is 11.4. The molecule has 1 aromatic carbocycles. The van der Waals surface area contributed by atoms with E-state index in [1.807, 2.05) is 12.1 Å². The minimum atomic E-state index is -0.0443. The van der Waals surface area contributed by atoms with Gasteiger partial charge in [-0.1, -0.05) is 37.8 Å². The van der Waals surface area contributed by atoms with Gasteiger partial charge in [0.25, 0.3) is 0 Å². The third-order valence-corrected chi connectivity index (χ3v) is 7.02. The predicted molar refractivity (Wildman–Crippen MR) is 112 cm³/mol. The first-order valence-corrected chi connectivity index (χ1v) is 11.4. The molecule has 2 unspecified atom stereocenters. The number of carbonyl (C=O) groups excluding carboxylic acids is 1. The lowest BCUT2D eigenvalue weighted by Crippen LogP contribution is -2.37. The Bertz CT molecular complexity index is 677. The number of benzene rings is 1. The fourth-order valence-electron chi connectivity index (χ4n) is 5.26. The topological polar surface area (TPSA) is 56.8 Å². The van der Waals surface area contributed by atoms with E-state index >= 15 is 0 Å². The van der Waals surface area contributed by atoms with Gasteiger partial charge in [0.05, 0.1) is 20.3 Å². The fourth-order valence-corrected chi connectivity index (χ4v) is 5.26. The van der Waals surface area contributed by atoms with Crippen LogP contribution in [0, 0.1) is 11.3 Å². The number of carbonyl (C=O) groups is 1. The molecule has 1 saturated heterocycles. The highest BCUT2D eigenvalue weighted by Crippen LogP contribution is 2.48. The van der Waals surface area contributed by atoms with Crippen molar-refractivity contribution in [1.82, 2.24) is 5.32 Å². The second-order valence-corrected chi connectivity index (χ2v) is 8.97. The molecule has 5 nitrogen and oxygen atoms in total. The van der Waals surface area contributed by atoms with E-state index in [0.29, 0.717) is 5.92 Å². The van der Waals surface area contributed by atoms with Crippen LogP contribution in [0.5, 0.6) is 5.75 Å². The van der Waals surface area contributed by atoms with Crippen LogP contribution in [0.25, 0.3) is 0 Å². The summed E-state index contributed by atoms with van der Waals surface area (Å²) in [6.45, 7) is 2.18. The van der Waals surface area contributed by atoms with Crippen molar-refractivity contribution in [1.29, 1.82) is 0 Å². The summed E-state index contributed by atoms with van der Waals surface area (Å²) < 4.78 is 17.2. The van der Waals surface area contributed by atoms with Gasteiger partial charge in [0, 0.05) is 17.9 Å². The van der Waals surface area contributed by atoms with Crippen molar-refractivity contribution >= 4 is 5.91 Å². The molecule has 4 rings (SSSR count). The second-order valence-electron chi connectivity index (χ2n) is 8.97. The van der Waals surface area contributed by atoms with Crippen LogP contribution in [0.2, 0.25) is 0 Å². The lowest BCUT2D eigenvalue weighted by atomic mass is 9.75. The third-order valence-electron chi connectivity index (χ3n) is 7.02. The number of rotatable bonds is 8. The Balaban J connectivity index is 1.24. The van der Waals surface area contributed by atoms with E-state index in [0.717, 1.165) is 44.8 Å². The Kier molecular flexibility index (Phi) is 6.76. The van der Waals surface area contributed by atoms with E-state index in [1.165, 1.54) is 44.1 Å². The third kappa shape index (κ3) is 4.95. The average molecular weight is 402 g/mol. The average Bonchev–Trinajstić information content (AvgIpc) is 3.44. The van der Waals surface area contributed by atoms with Crippen molar-refractivity contribution in [2.45, 2.75) is 70.0 Å².